The summed E-state index contributed by atoms with van der Waals surface area (Å²) in [5, 5.41) is 0.339. The van der Waals surface area contributed by atoms with Crippen LogP contribution in [-0.2, 0) is 7.05 Å². The highest BCUT2D eigenvalue weighted by molar-refractivity contribution is 6.33. The molecule has 1 saturated carbocycles. The van der Waals surface area contributed by atoms with Crippen molar-refractivity contribution < 1.29 is 9.18 Å². The van der Waals surface area contributed by atoms with E-state index in [0.717, 1.165) is 6.20 Å². The van der Waals surface area contributed by atoms with Crippen LogP contribution in [0.25, 0.3) is 11.3 Å². The van der Waals surface area contributed by atoms with Gasteiger partial charge in [0.1, 0.15) is 0 Å². The van der Waals surface area contributed by atoms with Gasteiger partial charge in [0.05, 0.1) is 22.5 Å². The number of piperidine rings is 1. The van der Waals surface area contributed by atoms with E-state index in [4.69, 9.17) is 11.6 Å². The minimum Gasteiger partial charge on any atom is -0.342 e. The molecule has 0 bridgehead atoms. The minimum atomic E-state index is -0.533. The summed E-state index contributed by atoms with van der Waals surface area (Å²) in [5.41, 5.74) is 0.672. The van der Waals surface area contributed by atoms with Gasteiger partial charge in [0.2, 0.25) is 5.95 Å². The van der Waals surface area contributed by atoms with Crippen LogP contribution in [0.3, 0.4) is 0 Å². The summed E-state index contributed by atoms with van der Waals surface area (Å²) in [6.45, 7) is 1.20. The maximum atomic E-state index is 14.2. The monoisotopic (exact) mass is 454 g/mol. The Morgan fingerprint density at radius 3 is 2.56 bits per heavy atom. The summed E-state index contributed by atoms with van der Waals surface area (Å²) < 4.78 is 15.7. The molecule has 0 spiro atoms. The molecule has 0 radical (unpaired) electrons. The Balaban J connectivity index is 1.36. The number of fused-ring (bicyclic) bond motifs is 1. The highest BCUT2D eigenvalue weighted by atomic mass is 35.5. The number of pyridine rings is 2. The summed E-state index contributed by atoms with van der Waals surface area (Å²) in [4.78, 5) is 41.4. The normalized spacial score (nSPS) is 21.4. The fourth-order valence-corrected chi connectivity index (χ4v) is 4.85. The molecule has 2 fully saturated rings. The van der Waals surface area contributed by atoms with Crippen LogP contribution in [0.1, 0.15) is 10.4 Å². The third-order valence-electron chi connectivity index (χ3n) is 6.36. The van der Waals surface area contributed by atoms with Crippen LogP contribution in [0.4, 0.5) is 10.3 Å². The van der Waals surface area contributed by atoms with Crippen LogP contribution < -0.4 is 10.5 Å². The second kappa shape index (κ2) is 7.67. The predicted molar refractivity (Wildman–Crippen MR) is 117 cm³/mol. The lowest BCUT2D eigenvalue weighted by molar-refractivity contribution is 0.0773. The van der Waals surface area contributed by atoms with Crippen molar-refractivity contribution in [1.82, 2.24) is 24.4 Å². The Bertz CT molecular complexity index is 1270. The molecule has 0 unspecified atom stereocenters. The molecular weight excluding hydrogens is 435 g/mol. The molecule has 8 nitrogen and oxygen atoms in total. The molecule has 1 amide bonds. The van der Waals surface area contributed by atoms with Gasteiger partial charge in [0, 0.05) is 75.3 Å². The zero-order valence-corrected chi connectivity index (χ0v) is 18.2. The van der Waals surface area contributed by atoms with Gasteiger partial charge in [-0.25, -0.2) is 9.37 Å². The summed E-state index contributed by atoms with van der Waals surface area (Å²) in [6, 6.07) is 4.59. The van der Waals surface area contributed by atoms with E-state index in [-0.39, 0.29) is 40.6 Å². The molecule has 3 atom stereocenters. The molecule has 164 valence electrons. The molecule has 0 aromatic carbocycles. The SMILES string of the molecule is CN(c1nc(-c2ccncc2F)cc(=O)n1C)[C@@H]1[C@@H]2CN(C(=O)c3ccncc3Cl)C[C@@H]21. The van der Waals surface area contributed by atoms with E-state index < -0.39 is 5.82 Å². The van der Waals surface area contributed by atoms with Crippen LogP contribution in [0, 0.1) is 17.7 Å². The van der Waals surface area contributed by atoms with Gasteiger partial charge in [-0.2, -0.15) is 0 Å². The molecule has 1 saturated heterocycles. The smallest absolute Gasteiger partial charge is 0.255 e. The fourth-order valence-electron chi connectivity index (χ4n) is 4.65. The van der Waals surface area contributed by atoms with Gasteiger partial charge in [-0.3, -0.25) is 24.1 Å². The molecule has 10 heteroatoms. The van der Waals surface area contributed by atoms with Crippen LogP contribution in [0.15, 0.2) is 47.8 Å². The van der Waals surface area contributed by atoms with Gasteiger partial charge in [-0.15, -0.1) is 0 Å². The Labute approximate surface area is 188 Å². The number of hydrogen-bond acceptors (Lipinski definition) is 6. The number of halogens is 2. The van der Waals surface area contributed by atoms with E-state index in [9.17, 15) is 14.0 Å². The number of aromatic nitrogens is 4. The molecular formula is C22H20ClFN6O2. The van der Waals surface area contributed by atoms with Crippen LogP contribution in [0.5, 0.6) is 0 Å². The van der Waals surface area contributed by atoms with Crippen LogP contribution in [0.2, 0.25) is 5.02 Å². The molecule has 3 aromatic heterocycles. The summed E-state index contributed by atoms with van der Waals surface area (Å²) in [7, 11) is 3.52. The average molecular weight is 455 g/mol. The summed E-state index contributed by atoms with van der Waals surface area (Å²) in [6.07, 6.45) is 5.58. The number of carbonyl (C=O) groups excluding carboxylic acids is 1. The number of rotatable bonds is 4. The van der Waals surface area contributed by atoms with E-state index in [1.165, 1.54) is 29.1 Å². The van der Waals surface area contributed by atoms with Crippen molar-refractivity contribution in [1.29, 1.82) is 0 Å². The van der Waals surface area contributed by atoms with Crippen LogP contribution in [-0.4, -0.2) is 56.5 Å². The number of hydrogen-bond donors (Lipinski definition) is 0. The van der Waals surface area contributed by atoms with Gasteiger partial charge < -0.3 is 9.80 Å². The highest BCUT2D eigenvalue weighted by Crippen LogP contribution is 2.49. The zero-order valence-electron chi connectivity index (χ0n) is 17.4. The summed E-state index contributed by atoms with van der Waals surface area (Å²) in [5.74, 6) is 0.351. The third-order valence-corrected chi connectivity index (χ3v) is 6.66. The lowest BCUT2D eigenvalue weighted by atomic mass is 10.2. The van der Waals surface area contributed by atoms with Gasteiger partial charge in [-0.1, -0.05) is 11.6 Å². The average Bonchev–Trinajstić information content (AvgIpc) is 3.28. The Morgan fingerprint density at radius 1 is 1.19 bits per heavy atom. The van der Waals surface area contributed by atoms with E-state index in [2.05, 4.69) is 15.0 Å². The number of anilines is 1. The van der Waals surface area contributed by atoms with Crippen molar-refractivity contribution in [3.05, 3.63) is 69.7 Å². The van der Waals surface area contributed by atoms with Crippen molar-refractivity contribution in [2.45, 2.75) is 6.04 Å². The third kappa shape index (κ3) is 3.33. The first kappa shape index (κ1) is 20.6. The number of amides is 1. The quantitative estimate of drug-likeness (QED) is 0.601. The van der Waals surface area contributed by atoms with E-state index >= 15 is 0 Å². The number of nitrogens with zero attached hydrogens (tertiary/aromatic N) is 6. The first-order valence-electron chi connectivity index (χ1n) is 10.2. The van der Waals surface area contributed by atoms with Crippen molar-refractivity contribution in [2.75, 3.05) is 25.0 Å². The lowest BCUT2D eigenvalue weighted by Gasteiger charge is -2.26. The van der Waals surface area contributed by atoms with Crippen molar-refractivity contribution in [3.63, 3.8) is 0 Å². The molecule has 3 aromatic rings. The number of likely N-dealkylation sites (tertiary alicyclic amines) is 1. The second-order valence-corrected chi connectivity index (χ2v) is 8.60. The largest absolute Gasteiger partial charge is 0.342 e. The lowest BCUT2D eigenvalue weighted by Crippen LogP contribution is -2.38. The van der Waals surface area contributed by atoms with E-state index in [1.54, 1.807) is 24.2 Å². The maximum Gasteiger partial charge on any atom is 0.255 e. The molecule has 1 aliphatic carbocycles. The second-order valence-electron chi connectivity index (χ2n) is 8.19. The Morgan fingerprint density at radius 2 is 1.88 bits per heavy atom. The predicted octanol–water partition coefficient (Wildman–Crippen LogP) is 2.24. The molecule has 2 aliphatic rings. The van der Waals surface area contributed by atoms with E-state index in [1.807, 2.05) is 11.9 Å². The first-order valence-corrected chi connectivity index (χ1v) is 10.5. The Hall–Kier alpha value is -3.33. The first-order chi connectivity index (χ1) is 15.4. The van der Waals surface area contributed by atoms with Gasteiger partial charge in [0.25, 0.3) is 11.5 Å². The fraction of sp³-hybridized carbons (Fsp3) is 0.318. The highest BCUT2D eigenvalue weighted by Gasteiger charge is 2.59. The van der Waals surface area contributed by atoms with Crippen molar-refractivity contribution >= 4 is 23.5 Å². The van der Waals surface area contributed by atoms with Gasteiger partial charge >= 0.3 is 0 Å². The van der Waals surface area contributed by atoms with Gasteiger partial charge in [-0.05, 0) is 12.1 Å². The van der Waals surface area contributed by atoms with Crippen molar-refractivity contribution in [3.8, 4) is 11.3 Å². The molecule has 32 heavy (non-hydrogen) atoms. The standard InChI is InChI=1S/C22H20ClFN6O2/c1-28-19(31)7-18(13-4-6-26-9-17(13)24)27-22(28)29(2)20-14-10-30(11-15(14)20)21(32)12-3-5-25-8-16(12)23/h3-9,14-15,20H,10-11H2,1-2H3/t14-,15+,20-. The van der Waals surface area contributed by atoms with Crippen molar-refractivity contribution in [2.24, 2.45) is 18.9 Å². The maximum absolute atomic E-state index is 14.2. The van der Waals surface area contributed by atoms with E-state index in [0.29, 0.717) is 29.6 Å². The summed E-state index contributed by atoms with van der Waals surface area (Å²) >= 11 is 6.12. The Kier molecular flexibility index (Phi) is 4.93. The minimum absolute atomic E-state index is 0.105. The van der Waals surface area contributed by atoms with Crippen LogP contribution >= 0.6 is 11.6 Å². The molecule has 0 N–H and O–H groups in total. The molecule has 1 aliphatic heterocycles. The molecule has 4 heterocycles. The van der Waals surface area contributed by atoms with Gasteiger partial charge in [0.15, 0.2) is 5.82 Å². The molecule has 5 rings (SSSR count). The zero-order chi connectivity index (χ0) is 22.6. The topological polar surface area (TPSA) is 84.2 Å². The number of carbonyl (C=O) groups is 1.